The zero-order chi connectivity index (χ0) is 14.7. The van der Waals surface area contributed by atoms with E-state index in [1.807, 2.05) is 11.0 Å². The number of carbonyl (C=O) groups is 1. The highest BCUT2D eigenvalue weighted by Crippen LogP contribution is 2.19. The van der Waals surface area contributed by atoms with Crippen LogP contribution in [-0.2, 0) is 0 Å². The van der Waals surface area contributed by atoms with Crippen LogP contribution < -0.4 is 5.32 Å². The van der Waals surface area contributed by atoms with Crippen molar-refractivity contribution < 1.29 is 9.18 Å². The van der Waals surface area contributed by atoms with Gasteiger partial charge in [-0.25, -0.2) is 9.18 Å². The van der Waals surface area contributed by atoms with E-state index in [9.17, 15) is 9.18 Å². The molecule has 1 N–H and O–H groups in total. The Morgan fingerprint density at radius 2 is 2.00 bits per heavy atom. The van der Waals surface area contributed by atoms with E-state index in [-0.39, 0.29) is 11.8 Å². The number of benzene rings is 1. The number of anilines is 1. The molecule has 0 atom stereocenters. The Kier molecular flexibility index (Phi) is 4.47. The number of nitrogens with one attached hydrogen (secondary N) is 1. The first-order valence-electron chi connectivity index (χ1n) is 6.96. The highest BCUT2D eigenvalue weighted by molar-refractivity contribution is 5.73. The van der Waals surface area contributed by atoms with Gasteiger partial charge in [-0.2, -0.15) is 0 Å². The van der Waals surface area contributed by atoms with Crippen molar-refractivity contribution in [2.45, 2.75) is 25.8 Å². The van der Waals surface area contributed by atoms with E-state index in [0.717, 1.165) is 31.6 Å². The fourth-order valence-corrected chi connectivity index (χ4v) is 2.42. The van der Waals surface area contributed by atoms with Crippen molar-refractivity contribution in [2.24, 2.45) is 0 Å². The maximum absolute atomic E-state index is 13.5. The van der Waals surface area contributed by atoms with Crippen LogP contribution in [0.5, 0.6) is 0 Å². The third-order valence-electron chi connectivity index (χ3n) is 3.69. The Morgan fingerprint density at radius 1 is 1.35 bits per heavy atom. The summed E-state index contributed by atoms with van der Waals surface area (Å²) < 4.78 is 13.5. The van der Waals surface area contributed by atoms with Crippen LogP contribution in [0, 0.1) is 12.7 Å². The first-order chi connectivity index (χ1) is 9.47. The number of carbonyl (C=O) groups excluding carboxylic acids is 1. The van der Waals surface area contributed by atoms with Gasteiger partial charge in [-0.3, -0.25) is 0 Å². The molecule has 2 amide bonds. The second-order valence-electron chi connectivity index (χ2n) is 5.55. The number of rotatable bonds is 2. The molecule has 0 bridgehead atoms. The standard InChI is InChI=1S/C15H22FN3O/c1-11-4-5-13(10-14(11)16)17-12-6-8-19(9-7-12)15(20)18(2)3/h4-5,10,12,17H,6-9H2,1-3H3. The van der Waals surface area contributed by atoms with Gasteiger partial charge in [0.2, 0.25) is 0 Å². The molecule has 0 saturated carbocycles. The molecule has 4 nitrogen and oxygen atoms in total. The van der Waals surface area contributed by atoms with Gasteiger partial charge in [0.15, 0.2) is 0 Å². The number of nitrogens with zero attached hydrogens (tertiary/aromatic N) is 2. The molecule has 110 valence electrons. The number of amides is 2. The highest BCUT2D eigenvalue weighted by Gasteiger charge is 2.23. The molecule has 1 aromatic rings. The number of urea groups is 1. The summed E-state index contributed by atoms with van der Waals surface area (Å²) >= 11 is 0. The first-order valence-corrected chi connectivity index (χ1v) is 6.96. The fourth-order valence-electron chi connectivity index (χ4n) is 2.42. The van der Waals surface area contributed by atoms with Crippen LogP contribution in [0.1, 0.15) is 18.4 Å². The number of aryl methyl sites for hydroxylation is 1. The lowest BCUT2D eigenvalue weighted by Gasteiger charge is -2.34. The van der Waals surface area contributed by atoms with E-state index in [0.29, 0.717) is 11.6 Å². The summed E-state index contributed by atoms with van der Waals surface area (Å²) in [5.74, 6) is -0.185. The molecule has 20 heavy (non-hydrogen) atoms. The van der Waals surface area contributed by atoms with Crippen molar-refractivity contribution in [3.05, 3.63) is 29.6 Å². The summed E-state index contributed by atoms with van der Waals surface area (Å²) in [6.45, 7) is 3.23. The van der Waals surface area contributed by atoms with Crippen LogP contribution in [0.3, 0.4) is 0 Å². The molecule has 1 aromatic carbocycles. The third-order valence-corrected chi connectivity index (χ3v) is 3.69. The van der Waals surface area contributed by atoms with Crippen molar-refractivity contribution in [3.63, 3.8) is 0 Å². The van der Waals surface area contributed by atoms with Gasteiger partial charge in [-0.05, 0) is 37.5 Å². The van der Waals surface area contributed by atoms with Crippen molar-refractivity contribution in [1.82, 2.24) is 9.80 Å². The number of likely N-dealkylation sites (tertiary alicyclic amines) is 1. The monoisotopic (exact) mass is 279 g/mol. The van der Waals surface area contributed by atoms with Crippen molar-refractivity contribution >= 4 is 11.7 Å². The van der Waals surface area contributed by atoms with Gasteiger partial charge in [-0.15, -0.1) is 0 Å². The average molecular weight is 279 g/mol. The average Bonchev–Trinajstić information content (AvgIpc) is 2.43. The summed E-state index contributed by atoms with van der Waals surface area (Å²) in [6.07, 6.45) is 1.77. The first kappa shape index (κ1) is 14.6. The molecular formula is C15H22FN3O. The second-order valence-corrected chi connectivity index (χ2v) is 5.55. The number of hydrogen-bond acceptors (Lipinski definition) is 2. The van der Waals surface area contributed by atoms with E-state index in [1.54, 1.807) is 32.0 Å². The van der Waals surface area contributed by atoms with E-state index in [1.165, 1.54) is 6.07 Å². The fraction of sp³-hybridized carbons (Fsp3) is 0.533. The van der Waals surface area contributed by atoms with Gasteiger partial charge in [0.1, 0.15) is 5.82 Å². The predicted molar refractivity (Wildman–Crippen MR) is 78.4 cm³/mol. The molecule has 1 aliphatic heterocycles. The summed E-state index contributed by atoms with van der Waals surface area (Å²) in [7, 11) is 3.53. The number of piperidine rings is 1. The van der Waals surface area contributed by atoms with Crippen molar-refractivity contribution in [2.75, 3.05) is 32.5 Å². The van der Waals surface area contributed by atoms with Crippen molar-refractivity contribution in [3.8, 4) is 0 Å². The third kappa shape index (κ3) is 3.40. The van der Waals surface area contributed by atoms with E-state index in [4.69, 9.17) is 0 Å². The molecule has 2 rings (SSSR count). The molecule has 1 heterocycles. The molecule has 1 aliphatic rings. The zero-order valence-corrected chi connectivity index (χ0v) is 12.3. The van der Waals surface area contributed by atoms with Gasteiger partial charge in [0.05, 0.1) is 0 Å². The van der Waals surface area contributed by atoms with Gasteiger partial charge in [0, 0.05) is 38.9 Å². The molecular weight excluding hydrogens is 257 g/mol. The molecule has 1 saturated heterocycles. The number of halogens is 1. The van der Waals surface area contributed by atoms with E-state index < -0.39 is 0 Å². The largest absolute Gasteiger partial charge is 0.382 e. The summed E-state index contributed by atoms with van der Waals surface area (Å²) in [5.41, 5.74) is 1.47. The maximum atomic E-state index is 13.5. The lowest BCUT2D eigenvalue weighted by Crippen LogP contribution is -2.46. The second kappa shape index (κ2) is 6.11. The summed E-state index contributed by atoms with van der Waals surface area (Å²) in [6, 6.07) is 5.57. The predicted octanol–water partition coefficient (Wildman–Crippen LogP) is 2.69. The van der Waals surface area contributed by atoms with Gasteiger partial charge >= 0.3 is 6.03 Å². The molecule has 0 aliphatic carbocycles. The molecule has 0 spiro atoms. The Labute approximate surface area is 119 Å². The van der Waals surface area contributed by atoms with Crippen LogP contribution in [0.15, 0.2) is 18.2 Å². The molecule has 0 unspecified atom stereocenters. The van der Waals surface area contributed by atoms with Crippen LogP contribution in [-0.4, -0.2) is 49.1 Å². The van der Waals surface area contributed by atoms with Gasteiger partial charge < -0.3 is 15.1 Å². The van der Waals surface area contributed by atoms with E-state index >= 15 is 0 Å². The molecule has 0 radical (unpaired) electrons. The Morgan fingerprint density at radius 3 is 2.55 bits per heavy atom. The molecule has 5 heteroatoms. The summed E-state index contributed by atoms with van der Waals surface area (Å²) in [5, 5.41) is 3.35. The van der Waals surface area contributed by atoms with Crippen LogP contribution in [0.2, 0.25) is 0 Å². The Balaban J connectivity index is 1.88. The summed E-state index contributed by atoms with van der Waals surface area (Å²) in [4.78, 5) is 15.3. The van der Waals surface area contributed by atoms with Crippen LogP contribution >= 0.6 is 0 Å². The lowest BCUT2D eigenvalue weighted by atomic mass is 10.0. The van der Waals surface area contributed by atoms with Gasteiger partial charge in [0.25, 0.3) is 0 Å². The topological polar surface area (TPSA) is 35.6 Å². The molecule has 0 aromatic heterocycles. The minimum Gasteiger partial charge on any atom is -0.382 e. The molecule has 1 fully saturated rings. The van der Waals surface area contributed by atoms with Crippen LogP contribution in [0.25, 0.3) is 0 Å². The minimum atomic E-state index is -0.185. The quantitative estimate of drug-likeness (QED) is 0.903. The normalized spacial score (nSPS) is 16.1. The van der Waals surface area contributed by atoms with Crippen molar-refractivity contribution in [1.29, 1.82) is 0 Å². The van der Waals surface area contributed by atoms with Crippen LogP contribution in [0.4, 0.5) is 14.9 Å². The SMILES string of the molecule is Cc1ccc(NC2CCN(C(=O)N(C)C)CC2)cc1F. The maximum Gasteiger partial charge on any atom is 0.319 e. The Hall–Kier alpha value is -1.78. The van der Waals surface area contributed by atoms with E-state index in [2.05, 4.69) is 5.32 Å². The number of hydrogen-bond donors (Lipinski definition) is 1. The minimum absolute atomic E-state index is 0.0600. The lowest BCUT2D eigenvalue weighted by molar-refractivity contribution is 0.158. The smallest absolute Gasteiger partial charge is 0.319 e. The van der Waals surface area contributed by atoms with Gasteiger partial charge in [-0.1, -0.05) is 6.07 Å². The Bertz CT molecular complexity index is 482. The highest BCUT2D eigenvalue weighted by atomic mass is 19.1. The zero-order valence-electron chi connectivity index (χ0n) is 12.3.